The van der Waals surface area contributed by atoms with Gasteiger partial charge in [0.25, 0.3) is 5.78 Å². The second-order valence-corrected chi connectivity index (χ2v) is 7.49. The third kappa shape index (κ3) is 2.54. The van der Waals surface area contributed by atoms with Crippen LogP contribution in [0.25, 0.3) is 22.8 Å². The minimum Gasteiger partial charge on any atom is -0.216 e. The van der Waals surface area contributed by atoms with Gasteiger partial charge >= 0.3 is 0 Å². The number of nitrogens with zero attached hydrogens (tertiary/aromatic N) is 8. The van der Waals surface area contributed by atoms with Gasteiger partial charge in [-0.15, -0.1) is 15.3 Å². The first-order valence-corrected chi connectivity index (χ1v) is 9.57. The van der Waals surface area contributed by atoms with Crippen molar-refractivity contribution >= 4 is 34.5 Å². The highest BCUT2D eigenvalue weighted by Crippen LogP contribution is 2.25. The summed E-state index contributed by atoms with van der Waals surface area (Å²) in [7, 11) is 0. The fraction of sp³-hybridized carbons (Fsp3) is 0.125. The van der Waals surface area contributed by atoms with Gasteiger partial charge in [0.1, 0.15) is 5.03 Å². The fourth-order valence-corrected chi connectivity index (χ4v) is 4.01. The highest BCUT2D eigenvalue weighted by Gasteiger charge is 2.13. The van der Waals surface area contributed by atoms with Crippen molar-refractivity contribution in [1.29, 1.82) is 0 Å². The Morgan fingerprint density at radius 3 is 2.77 bits per heavy atom. The predicted octanol–water partition coefficient (Wildman–Crippen LogP) is 3.06. The summed E-state index contributed by atoms with van der Waals surface area (Å²) in [6.45, 7) is 3.93. The average Bonchev–Trinajstić information content (AvgIpc) is 3.32. The van der Waals surface area contributed by atoms with Crippen molar-refractivity contribution in [1.82, 2.24) is 39.4 Å². The van der Waals surface area contributed by atoms with Gasteiger partial charge in [0.05, 0.1) is 0 Å². The van der Waals surface area contributed by atoms with E-state index in [0.29, 0.717) is 16.6 Å². The van der Waals surface area contributed by atoms with Gasteiger partial charge < -0.3 is 0 Å². The van der Waals surface area contributed by atoms with Crippen LogP contribution in [0.1, 0.15) is 11.4 Å². The molecule has 0 unspecified atom stereocenters. The van der Waals surface area contributed by atoms with Crippen LogP contribution in [0.3, 0.4) is 0 Å². The Morgan fingerprint density at radius 1 is 1.00 bits per heavy atom. The van der Waals surface area contributed by atoms with Gasteiger partial charge in [-0.1, -0.05) is 0 Å². The smallest absolute Gasteiger partial charge is 0.216 e. The first kappa shape index (κ1) is 15.4. The van der Waals surface area contributed by atoms with Gasteiger partial charge in [0, 0.05) is 22.3 Å². The summed E-state index contributed by atoms with van der Waals surface area (Å²) in [6.07, 6.45) is 0. The normalized spacial score (nSPS) is 11.6. The summed E-state index contributed by atoms with van der Waals surface area (Å²) >= 11 is 3.00. The fourth-order valence-electron chi connectivity index (χ4n) is 2.68. The van der Waals surface area contributed by atoms with E-state index < -0.39 is 0 Å². The largest absolute Gasteiger partial charge is 0.253 e. The minimum absolute atomic E-state index is 0.592. The number of thiophene rings is 1. The van der Waals surface area contributed by atoms with E-state index in [-0.39, 0.29) is 0 Å². The topological polar surface area (TPSA) is 86.2 Å². The van der Waals surface area contributed by atoms with Gasteiger partial charge in [-0.05, 0) is 55.3 Å². The third-order valence-electron chi connectivity index (χ3n) is 3.81. The number of rotatable bonds is 3. The molecule has 0 spiro atoms. The molecule has 8 nitrogen and oxygen atoms in total. The minimum atomic E-state index is 0.592. The molecule has 0 saturated carbocycles. The average molecular weight is 380 g/mol. The van der Waals surface area contributed by atoms with Crippen molar-refractivity contribution in [2.45, 2.75) is 24.0 Å². The summed E-state index contributed by atoms with van der Waals surface area (Å²) in [5.74, 6) is 1.31. The van der Waals surface area contributed by atoms with Gasteiger partial charge in [-0.2, -0.15) is 25.9 Å². The Bertz CT molecular complexity index is 1240. The molecule has 5 heterocycles. The molecule has 10 heteroatoms. The van der Waals surface area contributed by atoms with E-state index in [1.807, 2.05) is 48.9 Å². The first-order valence-electron chi connectivity index (χ1n) is 7.81. The number of fused-ring (bicyclic) bond motifs is 2. The maximum absolute atomic E-state index is 4.65. The van der Waals surface area contributed by atoms with Crippen LogP contribution in [0.4, 0.5) is 0 Å². The van der Waals surface area contributed by atoms with Crippen molar-refractivity contribution in [3.8, 4) is 11.4 Å². The van der Waals surface area contributed by atoms with Crippen LogP contribution in [0.15, 0.2) is 45.2 Å². The number of hydrogen-bond acceptors (Lipinski definition) is 8. The number of hydrogen-bond donors (Lipinski definition) is 0. The summed E-state index contributed by atoms with van der Waals surface area (Å²) in [5, 5.41) is 23.0. The lowest BCUT2D eigenvalue weighted by atomic mass is 10.3. The highest BCUT2D eigenvalue weighted by molar-refractivity contribution is 7.99. The van der Waals surface area contributed by atoms with E-state index in [1.165, 1.54) is 11.8 Å². The van der Waals surface area contributed by atoms with Crippen LogP contribution in [-0.2, 0) is 0 Å². The second-order valence-electron chi connectivity index (χ2n) is 5.72. The molecule has 128 valence electrons. The lowest BCUT2D eigenvalue weighted by Gasteiger charge is -1.99. The number of aromatic nitrogens is 8. The van der Waals surface area contributed by atoms with Crippen molar-refractivity contribution in [2.24, 2.45) is 0 Å². The Balaban J connectivity index is 1.55. The van der Waals surface area contributed by atoms with E-state index in [2.05, 4.69) is 30.4 Å². The van der Waals surface area contributed by atoms with E-state index in [1.54, 1.807) is 20.4 Å². The molecule has 0 fully saturated rings. The summed E-state index contributed by atoms with van der Waals surface area (Å²) in [5.41, 5.74) is 3.61. The Kier molecular flexibility index (Phi) is 3.47. The highest BCUT2D eigenvalue weighted by atomic mass is 32.2. The Hall–Kier alpha value is -2.85. The van der Waals surface area contributed by atoms with Crippen LogP contribution in [0.5, 0.6) is 0 Å². The molecule has 0 aromatic carbocycles. The van der Waals surface area contributed by atoms with Gasteiger partial charge in [-0.3, -0.25) is 0 Å². The maximum atomic E-state index is 4.65. The van der Waals surface area contributed by atoms with Crippen LogP contribution >= 0.6 is 23.1 Å². The molecule has 0 aliphatic carbocycles. The molecule has 26 heavy (non-hydrogen) atoms. The quantitative estimate of drug-likeness (QED) is 0.475. The van der Waals surface area contributed by atoms with Crippen molar-refractivity contribution in [3.63, 3.8) is 0 Å². The molecule has 5 rings (SSSR count). The molecular formula is C16H12N8S2. The molecule has 0 atom stereocenters. The Labute approximate surface area is 155 Å². The standard InChI is InChI=1S/C16H12N8S2/c1-9-7-10(2)23-15(17-9)18-16(22-23)26-13-4-3-12-19-20-14(24(12)21-13)11-5-6-25-8-11/h3-8H,1-2H3. The molecule has 0 aliphatic rings. The van der Waals surface area contributed by atoms with E-state index in [0.717, 1.165) is 27.8 Å². The molecule has 0 N–H and O–H groups in total. The maximum Gasteiger partial charge on any atom is 0.253 e. The molecule has 0 radical (unpaired) electrons. The van der Waals surface area contributed by atoms with Crippen LogP contribution < -0.4 is 0 Å². The van der Waals surface area contributed by atoms with Crippen molar-refractivity contribution in [2.75, 3.05) is 0 Å². The van der Waals surface area contributed by atoms with Gasteiger partial charge in [0.2, 0.25) is 5.16 Å². The molecule has 0 aliphatic heterocycles. The zero-order valence-electron chi connectivity index (χ0n) is 13.9. The zero-order valence-corrected chi connectivity index (χ0v) is 15.5. The molecule has 0 saturated heterocycles. The predicted molar refractivity (Wildman–Crippen MR) is 98.5 cm³/mol. The monoisotopic (exact) mass is 380 g/mol. The van der Waals surface area contributed by atoms with E-state index in [9.17, 15) is 0 Å². The lowest BCUT2D eigenvalue weighted by Crippen LogP contribution is -1.97. The van der Waals surface area contributed by atoms with Crippen molar-refractivity contribution in [3.05, 3.63) is 46.4 Å². The van der Waals surface area contributed by atoms with Crippen molar-refractivity contribution < 1.29 is 0 Å². The summed E-state index contributed by atoms with van der Waals surface area (Å²) < 4.78 is 3.48. The zero-order chi connectivity index (χ0) is 17.7. The van der Waals surface area contributed by atoms with Gasteiger partial charge in [-0.25, -0.2) is 9.50 Å². The lowest BCUT2D eigenvalue weighted by molar-refractivity contribution is 0.833. The second kappa shape index (κ2) is 5.85. The van der Waals surface area contributed by atoms with Gasteiger partial charge in [0.15, 0.2) is 11.5 Å². The first-order chi connectivity index (χ1) is 12.7. The van der Waals surface area contributed by atoms with Crippen LogP contribution in [0.2, 0.25) is 0 Å². The molecule has 5 aromatic rings. The molecular weight excluding hydrogens is 368 g/mol. The summed E-state index contributed by atoms with van der Waals surface area (Å²) in [6, 6.07) is 7.76. The third-order valence-corrected chi connectivity index (χ3v) is 5.28. The summed E-state index contributed by atoms with van der Waals surface area (Å²) in [4.78, 5) is 8.91. The van der Waals surface area contributed by atoms with E-state index >= 15 is 0 Å². The van der Waals surface area contributed by atoms with Crippen LogP contribution in [-0.4, -0.2) is 39.4 Å². The Morgan fingerprint density at radius 2 is 1.92 bits per heavy atom. The van der Waals surface area contributed by atoms with Crippen LogP contribution in [0, 0.1) is 13.8 Å². The molecule has 5 aromatic heterocycles. The SMILES string of the molecule is Cc1cc(C)n2nc(Sc3ccc4nnc(-c5ccsc5)n4n3)nc2n1. The molecule has 0 amide bonds. The van der Waals surface area contributed by atoms with E-state index in [4.69, 9.17) is 0 Å². The molecule has 0 bridgehead atoms. The number of aryl methyl sites for hydroxylation is 2.